The van der Waals surface area contributed by atoms with Crippen molar-refractivity contribution in [2.75, 3.05) is 20.8 Å². The van der Waals surface area contributed by atoms with Gasteiger partial charge < -0.3 is 14.3 Å². The summed E-state index contributed by atoms with van der Waals surface area (Å²) in [7, 11) is 3.18. The summed E-state index contributed by atoms with van der Waals surface area (Å²) in [6.07, 6.45) is 0.758. The Bertz CT molecular complexity index is 388. The van der Waals surface area contributed by atoms with E-state index in [9.17, 15) is 0 Å². The molecule has 0 fully saturated rings. The van der Waals surface area contributed by atoms with Crippen LogP contribution < -0.4 is 9.47 Å². The third-order valence-electron chi connectivity index (χ3n) is 2.30. The molecule has 1 aromatic carbocycles. The minimum atomic E-state index is 0.640. The standard InChI is InChI=1S/C11H13NO3.C2H6/c1-13-8-3-4-11-9(7-8)10(12-14-2)5-6-15-11;1-2/h3-4,7H,5-6H2,1-2H3;1-2H3/b12-10+;. The van der Waals surface area contributed by atoms with Gasteiger partial charge in [-0.2, -0.15) is 0 Å². The van der Waals surface area contributed by atoms with Crippen LogP contribution in [0.5, 0.6) is 11.5 Å². The first-order valence-corrected chi connectivity index (χ1v) is 5.76. The van der Waals surface area contributed by atoms with Gasteiger partial charge in [0.2, 0.25) is 0 Å². The smallest absolute Gasteiger partial charge is 0.128 e. The van der Waals surface area contributed by atoms with Crippen molar-refractivity contribution in [1.29, 1.82) is 0 Å². The predicted octanol–water partition coefficient (Wildman–Crippen LogP) is 2.85. The second kappa shape index (κ2) is 6.78. The molecule has 94 valence electrons. The average Bonchev–Trinajstić information content (AvgIpc) is 2.41. The van der Waals surface area contributed by atoms with Crippen LogP contribution in [0.2, 0.25) is 0 Å². The molecule has 0 atom stereocenters. The van der Waals surface area contributed by atoms with E-state index in [1.807, 2.05) is 32.0 Å². The number of benzene rings is 1. The van der Waals surface area contributed by atoms with Crippen molar-refractivity contribution in [3.8, 4) is 11.5 Å². The number of ether oxygens (including phenoxy) is 2. The molecule has 1 aromatic rings. The zero-order valence-corrected chi connectivity index (χ0v) is 10.8. The molecule has 17 heavy (non-hydrogen) atoms. The lowest BCUT2D eigenvalue weighted by molar-refractivity contribution is 0.210. The van der Waals surface area contributed by atoms with Gasteiger partial charge in [-0.1, -0.05) is 19.0 Å². The Kier molecular flexibility index (Phi) is 5.33. The molecule has 0 N–H and O–H groups in total. The fraction of sp³-hybridized carbons (Fsp3) is 0.462. The van der Waals surface area contributed by atoms with Gasteiger partial charge in [-0.15, -0.1) is 0 Å². The first-order chi connectivity index (χ1) is 8.35. The highest BCUT2D eigenvalue weighted by molar-refractivity contribution is 6.03. The summed E-state index contributed by atoms with van der Waals surface area (Å²) in [5.74, 6) is 1.63. The highest BCUT2D eigenvalue weighted by Gasteiger charge is 2.17. The third kappa shape index (κ3) is 3.12. The van der Waals surface area contributed by atoms with E-state index < -0.39 is 0 Å². The third-order valence-corrected chi connectivity index (χ3v) is 2.30. The van der Waals surface area contributed by atoms with Crippen molar-refractivity contribution in [3.05, 3.63) is 23.8 Å². The normalized spacial score (nSPS) is 15.2. The van der Waals surface area contributed by atoms with Gasteiger partial charge in [0.25, 0.3) is 0 Å². The number of nitrogens with zero attached hydrogens (tertiary/aromatic N) is 1. The van der Waals surface area contributed by atoms with Crippen LogP contribution in [0.15, 0.2) is 23.4 Å². The Morgan fingerprint density at radius 2 is 2.00 bits per heavy atom. The molecular formula is C13H19NO3. The SMILES string of the molecule is CC.CO/N=C1\CCOc2ccc(OC)cc21. The molecule has 1 heterocycles. The summed E-state index contributed by atoms with van der Waals surface area (Å²) in [5.41, 5.74) is 1.85. The Labute approximate surface area is 102 Å². The Balaban J connectivity index is 0.000000686. The fourth-order valence-electron chi connectivity index (χ4n) is 1.58. The number of fused-ring (bicyclic) bond motifs is 1. The van der Waals surface area contributed by atoms with Crippen molar-refractivity contribution >= 4 is 5.71 Å². The van der Waals surface area contributed by atoms with Gasteiger partial charge >= 0.3 is 0 Å². The quantitative estimate of drug-likeness (QED) is 0.742. The van der Waals surface area contributed by atoms with Gasteiger partial charge in [0.15, 0.2) is 0 Å². The van der Waals surface area contributed by atoms with Gasteiger partial charge in [0, 0.05) is 12.0 Å². The molecule has 0 amide bonds. The summed E-state index contributed by atoms with van der Waals surface area (Å²) >= 11 is 0. The Hall–Kier alpha value is -1.71. The monoisotopic (exact) mass is 237 g/mol. The molecule has 0 radical (unpaired) electrons. The van der Waals surface area contributed by atoms with E-state index in [1.54, 1.807) is 14.2 Å². The van der Waals surface area contributed by atoms with E-state index in [0.29, 0.717) is 6.61 Å². The van der Waals surface area contributed by atoms with Gasteiger partial charge in [-0.3, -0.25) is 0 Å². The largest absolute Gasteiger partial charge is 0.497 e. The molecule has 0 unspecified atom stereocenters. The van der Waals surface area contributed by atoms with Crippen LogP contribution in [0.1, 0.15) is 25.8 Å². The number of methoxy groups -OCH3 is 1. The lowest BCUT2D eigenvalue weighted by Crippen LogP contribution is -2.16. The summed E-state index contributed by atoms with van der Waals surface area (Å²) in [5, 5.41) is 3.98. The number of hydrogen-bond donors (Lipinski definition) is 0. The second-order valence-electron chi connectivity index (χ2n) is 3.18. The van der Waals surface area contributed by atoms with Crippen LogP contribution in [0, 0.1) is 0 Å². The molecule has 0 bridgehead atoms. The minimum Gasteiger partial charge on any atom is -0.497 e. The molecule has 0 spiro atoms. The molecule has 2 rings (SSSR count). The lowest BCUT2D eigenvalue weighted by atomic mass is 10.0. The van der Waals surface area contributed by atoms with Crippen LogP contribution in [-0.4, -0.2) is 26.5 Å². The average molecular weight is 237 g/mol. The summed E-state index contributed by atoms with van der Waals surface area (Å²) in [6.45, 7) is 4.64. The highest BCUT2D eigenvalue weighted by Crippen LogP contribution is 2.28. The van der Waals surface area contributed by atoms with Crippen LogP contribution in [0.4, 0.5) is 0 Å². The van der Waals surface area contributed by atoms with Crippen LogP contribution in [0.3, 0.4) is 0 Å². The van der Waals surface area contributed by atoms with Crippen molar-refractivity contribution in [2.45, 2.75) is 20.3 Å². The summed E-state index contributed by atoms with van der Waals surface area (Å²) in [6, 6.07) is 5.67. The molecule has 4 nitrogen and oxygen atoms in total. The first-order valence-electron chi connectivity index (χ1n) is 5.76. The summed E-state index contributed by atoms with van der Waals surface area (Å²) < 4.78 is 10.7. The van der Waals surface area contributed by atoms with Crippen LogP contribution in [-0.2, 0) is 4.84 Å². The minimum absolute atomic E-state index is 0.640. The van der Waals surface area contributed by atoms with E-state index in [-0.39, 0.29) is 0 Å². The fourth-order valence-corrected chi connectivity index (χ4v) is 1.58. The van der Waals surface area contributed by atoms with Gasteiger partial charge in [-0.05, 0) is 18.2 Å². The molecule has 0 saturated heterocycles. The molecule has 0 aliphatic carbocycles. The molecule has 0 saturated carbocycles. The van der Waals surface area contributed by atoms with E-state index >= 15 is 0 Å². The summed E-state index contributed by atoms with van der Waals surface area (Å²) in [4.78, 5) is 4.80. The first kappa shape index (κ1) is 13.4. The predicted molar refractivity (Wildman–Crippen MR) is 68.0 cm³/mol. The van der Waals surface area contributed by atoms with Crippen molar-refractivity contribution in [2.24, 2.45) is 5.16 Å². The Morgan fingerprint density at radius 1 is 1.24 bits per heavy atom. The van der Waals surface area contributed by atoms with Gasteiger partial charge in [0.05, 0.1) is 19.4 Å². The van der Waals surface area contributed by atoms with E-state index in [4.69, 9.17) is 14.3 Å². The maximum Gasteiger partial charge on any atom is 0.128 e. The van der Waals surface area contributed by atoms with Crippen molar-refractivity contribution < 1.29 is 14.3 Å². The number of rotatable bonds is 2. The van der Waals surface area contributed by atoms with Crippen molar-refractivity contribution in [3.63, 3.8) is 0 Å². The maximum absolute atomic E-state index is 5.51. The van der Waals surface area contributed by atoms with E-state index in [0.717, 1.165) is 29.2 Å². The van der Waals surface area contributed by atoms with Crippen LogP contribution >= 0.6 is 0 Å². The van der Waals surface area contributed by atoms with Gasteiger partial charge in [-0.25, -0.2) is 0 Å². The molecule has 4 heteroatoms. The van der Waals surface area contributed by atoms with E-state index in [1.165, 1.54) is 0 Å². The number of oxime groups is 1. The topological polar surface area (TPSA) is 40.0 Å². The zero-order valence-electron chi connectivity index (χ0n) is 10.8. The molecule has 1 aliphatic heterocycles. The lowest BCUT2D eigenvalue weighted by Gasteiger charge is -2.18. The molecule has 1 aliphatic rings. The van der Waals surface area contributed by atoms with Crippen LogP contribution in [0.25, 0.3) is 0 Å². The molecule has 0 aromatic heterocycles. The maximum atomic E-state index is 5.51. The zero-order chi connectivity index (χ0) is 12.7. The second-order valence-corrected chi connectivity index (χ2v) is 3.18. The Morgan fingerprint density at radius 3 is 2.65 bits per heavy atom. The van der Waals surface area contributed by atoms with Gasteiger partial charge in [0.1, 0.15) is 18.6 Å². The highest BCUT2D eigenvalue weighted by atomic mass is 16.6. The molecular weight excluding hydrogens is 218 g/mol. The van der Waals surface area contributed by atoms with E-state index in [2.05, 4.69) is 5.16 Å². The van der Waals surface area contributed by atoms with Crippen molar-refractivity contribution in [1.82, 2.24) is 0 Å². The number of hydrogen-bond acceptors (Lipinski definition) is 4.